The minimum absolute atomic E-state index is 0.0624. The van der Waals surface area contributed by atoms with E-state index in [9.17, 15) is 4.79 Å². The number of benzene rings is 1. The summed E-state index contributed by atoms with van der Waals surface area (Å²) >= 11 is 7.61. The van der Waals surface area contributed by atoms with Gasteiger partial charge in [0, 0.05) is 22.5 Å². The molecule has 0 aliphatic heterocycles. The molecule has 0 fully saturated rings. The van der Waals surface area contributed by atoms with Crippen LogP contribution in [0.25, 0.3) is 0 Å². The van der Waals surface area contributed by atoms with Crippen molar-refractivity contribution in [3.05, 3.63) is 53.5 Å². The number of rotatable bonds is 5. The minimum Gasteiger partial charge on any atom is -0.331 e. The van der Waals surface area contributed by atoms with Crippen LogP contribution >= 0.6 is 28.6 Å². The lowest BCUT2D eigenvalue weighted by Crippen LogP contribution is -2.31. The van der Waals surface area contributed by atoms with Gasteiger partial charge in [-0.2, -0.15) is 0 Å². The fraction of sp³-hybridized carbons (Fsp3) is 0.154. The Labute approximate surface area is 116 Å². The molecule has 0 bridgehead atoms. The zero-order valence-corrected chi connectivity index (χ0v) is 11.9. The molecule has 17 heavy (non-hydrogen) atoms. The summed E-state index contributed by atoms with van der Waals surface area (Å²) in [7, 11) is 0. The van der Waals surface area contributed by atoms with E-state index in [4.69, 9.17) is 0 Å². The average molecular weight is 312 g/mol. The normalized spacial score (nSPS) is 9.76. The Balaban J connectivity index is 3.03. The summed E-state index contributed by atoms with van der Waals surface area (Å²) < 4.78 is 0.762. The Morgan fingerprint density at radius 3 is 2.47 bits per heavy atom. The van der Waals surface area contributed by atoms with Gasteiger partial charge in [0.05, 0.1) is 5.56 Å². The third kappa shape index (κ3) is 3.75. The Morgan fingerprint density at radius 2 is 1.94 bits per heavy atom. The first-order valence-corrected chi connectivity index (χ1v) is 6.33. The highest BCUT2D eigenvalue weighted by Gasteiger charge is 2.16. The standard InChI is InChI=1S/C13H14BrNOS/c1-3-7-15(8-4-2)13(16)11-9-10(17)5-6-12(11)14/h3-6,9,17H,1-2,7-8H2. The van der Waals surface area contributed by atoms with Gasteiger partial charge in [-0.3, -0.25) is 4.79 Å². The van der Waals surface area contributed by atoms with Crippen molar-refractivity contribution in [1.29, 1.82) is 0 Å². The van der Waals surface area contributed by atoms with Gasteiger partial charge < -0.3 is 4.90 Å². The van der Waals surface area contributed by atoms with Crippen molar-refractivity contribution in [2.75, 3.05) is 13.1 Å². The van der Waals surface area contributed by atoms with Crippen LogP contribution in [0.4, 0.5) is 0 Å². The van der Waals surface area contributed by atoms with Crippen molar-refractivity contribution in [1.82, 2.24) is 4.90 Å². The summed E-state index contributed by atoms with van der Waals surface area (Å²) in [5.74, 6) is -0.0624. The van der Waals surface area contributed by atoms with Crippen molar-refractivity contribution in [2.45, 2.75) is 4.90 Å². The molecule has 0 atom stereocenters. The van der Waals surface area contributed by atoms with Gasteiger partial charge in [0.15, 0.2) is 0 Å². The van der Waals surface area contributed by atoms with Crippen molar-refractivity contribution in [3.8, 4) is 0 Å². The number of carbonyl (C=O) groups is 1. The van der Waals surface area contributed by atoms with Crippen LogP contribution in [0.3, 0.4) is 0 Å². The van der Waals surface area contributed by atoms with Gasteiger partial charge >= 0.3 is 0 Å². The Morgan fingerprint density at radius 1 is 1.35 bits per heavy atom. The molecule has 1 rings (SSSR count). The maximum absolute atomic E-state index is 12.3. The number of carbonyl (C=O) groups excluding carboxylic acids is 1. The van der Waals surface area contributed by atoms with Gasteiger partial charge in [0.2, 0.25) is 0 Å². The largest absolute Gasteiger partial charge is 0.331 e. The van der Waals surface area contributed by atoms with Gasteiger partial charge in [-0.1, -0.05) is 12.2 Å². The van der Waals surface area contributed by atoms with Crippen LogP contribution in [0, 0.1) is 0 Å². The van der Waals surface area contributed by atoms with Gasteiger partial charge in [-0.05, 0) is 34.1 Å². The summed E-state index contributed by atoms with van der Waals surface area (Å²) in [4.78, 5) is 14.7. The van der Waals surface area contributed by atoms with Gasteiger partial charge in [-0.15, -0.1) is 25.8 Å². The number of halogens is 1. The topological polar surface area (TPSA) is 20.3 Å². The molecule has 0 aromatic heterocycles. The molecule has 0 heterocycles. The highest BCUT2D eigenvalue weighted by atomic mass is 79.9. The van der Waals surface area contributed by atoms with Crippen LogP contribution in [0.1, 0.15) is 10.4 Å². The lowest BCUT2D eigenvalue weighted by atomic mass is 10.2. The highest BCUT2D eigenvalue weighted by molar-refractivity contribution is 9.10. The number of hydrogen-bond acceptors (Lipinski definition) is 2. The molecule has 1 amide bonds. The van der Waals surface area contributed by atoms with E-state index in [1.54, 1.807) is 23.1 Å². The number of hydrogen-bond donors (Lipinski definition) is 1. The fourth-order valence-corrected chi connectivity index (χ4v) is 2.02. The zero-order chi connectivity index (χ0) is 12.8. The van der Waals surface area contributed by atoms with E-state index in [-0.39, 0.29) is 5.91 Å². The molecule has 0 saturated heterocycles. The molecule has 0 spiro atoms. The van der Waals surface area contributed by atoms with Crippen LogP contribution in [-0.2, 0) is 0 Å². The molecule has 1 aromatic rings. The van der Waals surface area contributed by atoms with Crippen molar-refractivity contribution in [2.24, 2.45) is 0 Å². The highest BCUT2D eigenvalue weighted by Crippen LogP contribution is 2.21. The first-order chi connectivity index (χ1) is 8.10. The minimum atomic E-state index is -0.0624. The third-order valence-corrected chi connectivity index (χ3v) is 3.14. The Kier molecular flexibility index (Phi) is 5.51. The molecule has 0 N–H and O–H groups in total. The molecule has 0 aliphatic carbocycles. The van der Waals surface area contributed by atoms with E-state index in [1.165, 1.54) is 0 Å². The average Bonchev–Trinajstić information content (AvgIpc) is 2.31. The summed E-state index contributed by atoms with van der Waals surface area (Å²) in [5, 5.41) is 0. The van der Waals surface area contributed by atoms with E-state index in [0.717, 1.165) is 9.37 Å². The van der Waals surface area contributed by atoms with Crippen molar-refractivity contribution in [3.63, 3.8) is 0 Å². The number of nitrogens with zero attached hydrogens (tertiary/aromatic N) is 1. The van der Waals surface area contributed by atoms with Gasteiger partial charge in [-0.25, -0.2) is 0 Å². The summed E-state index contributed by atoms with van der Waals surface area (Å²) in [6, 6.07) is 5.39. The van der Waals surface area contributed by atoms with E-state index in [1.807, 2.05) is 12.1 Å². The maximum atomic E-state index is 12.3. The van der Waals surface area contributed by atoms with Gasteiger partial charge in [0.1, 0.15) is 0 Å². The van der Waals surface area contributed by atoms with E-state index in [2.05, 4.69) is 41.7 Å². The predicted molar refractivity (Wildman–Crippen MR) is 77.7 cm³/mol. The van der Waals surface area contributed by atoms with E-state index in [0.29, 0.717) is 18.7 Å². The quantitative estimate of drug-likeness (QED) is 0.651. The monoisotopic (exact) mass is 311 g/mol. The maximum Gasteiger partial charge on any atom is 0.255 e. The second-order valence-corrected chi connectivity index (χ2v) is 4.82. The third-order valence-electron chi connectivity index (χ3n) is 2.17. The fourth-order valence-electron chi connectivity index (χ4n) is 1.40. The van der Waals surface area contributed by atoms with Crippen molar-refractivity contribution < 1.29 is 4.79 Å². The Hall–Kier alpha value is -1.000. The zero-order valence-electron chi connectivity index (χ0n) is 9.40. The van der Waals surface area contributed by atoms with Crippen LogP contribution in [0.5, 0.6) is 0 Å². The first-order valence-electron chi connectivity index (χ1n) is 5.09. The van der Waals surface area contributed by atoms with Crippen LogP contribution in [0.15, 0.2) is 52.9 Å². The molecular weight excluding hydrogens is 298 g/mol. The number of thiol groups is 1. The van der Waals surface area contributed by atoms with Crippen molar-refractivity contribution >= 4 is 34.5 Å². The first kappa shape index (κ1) is 14.1. The molecule has 1 aromatic carbocycles. The van der Waals surface area contributed by atoms with Crippen LogP contribution in [-0.4, -0.2) is 23.9 Å². The van der Waals surface area contributed by atoms with E-state index < -0.39 is 0 Å². The predicted octanol–water partition coefficient (Wildman–Crippen LogP) is 3.55. The second-order valence-electron chi connectivity index (χ2n) is 3.45. The molecule has 2 nitrogen and oxygen atoms in total. The molecule has 0 unspecified atom stereocenters. The molecule has 0 saturated carbocycles. The molecule has 0 aliphatic rings. The summed E-state index contributed by atoms with van der Waals surface area (Å²) in [5.41, 5.74) is 0.598. The Bertz CT molecular complexity index is 435. The summed E-state index contributed by atoms with van der Waals surface area (Å²) in [6.45, 7) is 8.28. The van der Waals surface area contributed by atoms with E-state index >= 15 is 0 Å². The van der Waals surface area contributed by atoms with Crippen LogP contribution < -0.4 is 0 Å². The lowest BCUT2D eigenvalue weighted by molar-refractivity contribution is 0.0789. The molecular formula is C13H14BrNOS. The smallest absolute Gasteiger partial charge is 0.255 e. The molecule has 90 valence electrons. The molecule has 0 radical (unpaired) electrons. The van der Waals surface area contributed by atoms with Crippen LogP contribution in [0.2, 0.25) is 0 Å². The van der Waals surface area contributed by atoms with Gasteiger partial charge in [0.25, 0.3) is 5.91 Å². The molecule has 4 heteroatoms. The summed E-state index contributed by atoms with van der Waals surface area (Å²) in [6.07, 6.45) is 3.39. The lowest BCUT2D eigenvalue weighted by Gasteiger charge is -2.20. The second kappa shape index (κ2) is 6.67. The SMILES string of the molecule is C=CCN(CC=C)C(=O)c1cc(S)ccc1Br. The number of amides is 1.